The predicted octanol–water partition coefficient (Wildman–Crippen LogP) is 3.53. The van der Waals surface area contributed by atoms with Crippen LogP contribution in [0.15, 0.2) is 24.3 Å². The molecule has 1 aliphatic carbocycles. The number of amides is 1. The van der Waals surface area contributed by atoms with E-state index < -0.39 is 68.1 Å². The van der Waals surface area contributed by atoms with E-state index in [9.17, 15) is 40.6 Å². The number of aliphatic hydroxyl groups is 1. The largest absolute Gasteiger partial charge is 0.573 e. The molecular weight excluding hydrogens is 403 g/mol. The number of benzene rings is 1. The summed E-state index contributed by atoms with van der Waals surface area (Å²) in [6.07, 6.45) is -7.58. The molecule has 0 saturated heterocycles. The minimum atomic E-state index is -4.99. The lowest BCUT2D eigenvalue weighted by Crippen LogP contribution is -2.54. The van der Waals surface area contributed by atoms with E-state index in [-0.39, 0.29) is 5.56 Å². The number of rotatable bonds is 8. The summed E-state index contributed by atoms with van der Waals surface area (Å²) < 4.78 is 95.3. The highest BCUT2D eigenvalue weighted by molar-refractivity contribution is 5.77. The molecule has 1 aromatic rings. The lowest BCUT2D eigenvalue weighted by Gasteiger charge is -2.42. The first-order chi connectivity index (χ1) is 12.8. The molecule has 1 fully saturated rings. The molecule has 1 unspecified atom stereocenters. The van der Waals surface area contributed by atoms with Crippen molar-refractivity contribution in [2.75, 3.05) is 6.61 Å². The zero-order chi connectivity index (χ0) is 21.2. The van der Waals surface area contributed by atoms with E-state index in [1.54, 1.807) is 0 Å². The average molecular weight is 419 g/mol. The van der Waals surface area contributed by atoms with Crippen molar-refractivity contribution in [2.24, 2.45) is 0 Å². The number of hydrogen-bond acceptors (Lipinski definition) is 4. The van der Waals surface area contributed by atoms with E-state index in [1.807, 2.05) is 0 Å². The summed E-state index contributed by atoms with van der Waals surface area (Å²) in [5.41, 5.74) is -2.00. The molecule has 0 radical (unpaired) electrons. The van der Waals surface area contributed by atoms with E-state index >= 15 is 0 Å². The van der Waals surface area contributed by atoms with E-state index in [4.69, 9.17) is 0 Å². The fourth-order valence-electron chi connectivity index (χ4n) is 2.90. The molecule has 1 saturated carbocycles. The lowest BCUT2D eigenvalue weighted by molar-refractivity contribution is -0.274. The Kier molecular flexibility index (Phi) is 6.44. The van der Waals surface area contributed by atoms with Gasteiger partial charge >= 0.3 is 13.0 Å². The van der Waals surface area contributed by atoms with E-state index in [0.717, 1.165) is 18.2 Å². The Hall–Kier alpha value is -2.08. The molecule has 0 spiro atoms. The van der Waals surface area contributed by atoms with Crippen molar-refractivity contribution in [3.63, 3.8) is 0 Å². The Bertz CT molecular complexity index is 688. The Morgan fingerprint density at radius 3 is 2.43 bits per heavy atom. The van der Waals surface area contributed by atoms with Gasteiger partial charge in [0.05, 0.1) is 24.7 Å². The number of halogens is 7. The highest BCUT2D eigenvalue weighted by atomic mass is 19.4. The van der Waals surface area contributed by atoms with Crippen molar-refractivity contribution in [3.8, 4) is 5.75 Å². The van der Waals surface area contributed by atoms with Crippen LogP contribution in [0, 0.1) is 0 Å². The summed E-state index contributed by atoms with van der Waals surface area (Å²) in [5, 5.41) is 12.0. The molecule has 1 amide bonds. The number of ether oxygens (including phenoxy) is 2. The Morgan fingerprint density at radius 1 is 1.25 bits per heavy atom. The summed E-state index contributed by atoms with van der Waals surface area (Å²) in [4.78, 5) is 12.0. The van der Waals surface area contributed by atoms with Gasteiger partial charge in [-0.05, 0) is 17.7 Å². The number of carbonyl (C=O) groups is 1. The number of alkyl halides is 7. The first-order valence-electron chi connectivity index (χ1n) is 7.92. The van der Waals surface area contributed by atoms with Gasteiger partial charge in [0.15, 0.2) is 0 Å². The Morgan fingerprint density at radius 2 is 1.89 bits per heavy atom. The Balaban J connectivity index is 2.09. The van der Waals surface area contributed by atoms with Gasteiger partial charge < -0.3 is 19.9 Å². The van der Waals surface area contributed by atoms with Crippen LogP contribution in [0.3, 0.4) is 0 Å². The van der Waals surface area contributed by atoms with Crippen molar-refractivity contribution >= 4 is 5.91 Å². The molecule has 12 heteroatoms. The molecule has 1 aromatic carbocycles. The quantitative estimate of drug-likeness (QED) is 0.633. The van der Waals surface area contributed by atoms with Crippen LogP contribution in [0.4, 0.5) is 30.7 Å². The standard InChI is InChI=1S/C16H16F7NO4/c17-13(18)27-6-11(9-2-1-3-10(4-9)28-16(21,22)23)24-12(25)5-14(26)7-15(19,20)8-14/h1-4,11,13,26H,5-8H2,(H,24,25). The second kappa shape index (κ2) is 8.11. The normalized spacial score (nSPS) is 19.0. The van der Waals surface area contributed by atoms with E-state index in [1.165, 1.54) is 6.07 Å². The maximum atomic E-state index is 12.9. The smallest absolute Gasteiger partial charge is 0.406 e. The van der Waals surface area contributed by atoms with Crippen LogP contribution in [-0.2, 0) is 9.53 Å². The van der Waals surface area contributed by atoms with Gasteiger partial charge in [-0.25, -0.2) is 8.78 Å². The summed E-state index contributed by atoms with van der Waals surface area (Å²) >= 11 is 0. The number of nitrogens with one attached hydrogen (secondary N) is 1. The monoisotopic (exact) mass is 419 g/mol. The second-order valence-corrected chi connectivity index (χ2v) is 6.45. The fraction of sp³-hybridized carbons (Fsp3) is 0.562. The van der Waals surface area contributed by atoms with Crippen molar-refractivity contribution in [2.45, 2.75) is 49.8 Å². The third-order valence-electron chi connectivity index (χ3n) is 3.88. The van der Waals surface area contributed by atoms with Crippen LogP contribution in [0.25, 0.3) is 0 Å². The minimum absolute atomic E-state index is 0.0540. The third kappa shape index (κ3) is 6.82. The Labute approximate surface area is 154 Å². The third-order valence-corrected chi connectivity index (χ3v) is 3.88. The molecule has 28 heavy (non-hydrogen) atoms. The van der Waals surface area contributed by atoms with Gasteiger partial charge in [0, 0.05) is 12.8 Å². The summed E-state index contributed by atoms with van der Waals surface area (Å²) in [6.45, 7) is -4.03. The molecule has 0 bridgehead atoms. The molecule has 1 aliphatic rings. The van der Waals surface area contributed by atoms with Gasteiger partial charge in [0.1, 0.15) is 5.75 Å². The van der Waals surface area contributed by atoms with E-state index in [0.29, 0.717) is 0 Å². The summed E-state index contributed by atoms with van der Waals surface area (Å²) in [6, 6.07) is 2.86. The van der Waals surface area contributed by atoms with Crippen LogP contribution in [0.5, 0.6) is 5.75 Å². The van der Waals surface area contributed by atoms with Gasteiger partial charge in [-0.15, -0.1) is 13.2 Å². The summed E-state index contributed by atoms with van der Waals surface area (Å²) in [7, 11) is 0. The van der Waals surface area contributed by atoms with Gasteiger partial charge in [-0.1, -0.05) is 12.1 Å². The maximum absolute atomic E-state index is 12.9. The molecule has 158 valence electrons. The number of hydrogen-bond donors (Lipinski definition) is 2. The first-order valence-corrected chi connectivity index (χ1v) is 7.92. The van der Waals surface area contributed by atoms with Gasteiger partial charge in [-0.3, -0.25) is 4.79 Å². The zero-order valence-electron chi connectivity index (χ0n) is 14.1. The molecule has 2 rings (SSSR count). The summed E-state index contributed by atoms with van der Waals surface area (Å²) in [5.74, 6) is -4.71. The topological polar surface area (TPSA) is 67.8 Å². The predicted molar refractivity (Wildman–Crippen MR) is 79.7 cm³/mol. The van der Waals surface area contributed by atoms with E-state index in [2.05, 4.69) is 14.8 Å². The van der Waals surface area contributed by atoms with Crippen molar-refractivity contribution in [1.29, 1.82) is 0 Å². The van der Waals surface area contributed by atoms with Gasteiger partial charge in [0.2, 0.25) is 5.91 Å². The van der Waals surface area contributed by atoms with Crippen LogP contribution >= 0.6 is 0 Å². The SMILES string of the molecule is O=C(CC1(O)CC(F)(F)C1)NC(COC(F)F)c1cccc(OC(F)(F)F)c1. The van der Waals surface area contributed by atoms with Gasteiger partial charge in [0.25, 0.3) is 5.92 Å². The van der Waals surface area contributed by atoms with Gasteiger partial charge in [-0.2, -0.15) is 8.78 Å². The average Bonchev–Trinajstić information content (AvgIpc) is 2.47. The molecule has 0 heterocycles. The first kappa shape index (κ1) is 22.2. The maximum Gasteiger partial charge on any atom is 0.573 e. The minimum Gasteiger partial charge on any atom is -0.406 e. The van der Waals surface area contributed by atoms with Crippen molar-refractivity contribution in [3.05, 3.63) is 29.8 Å². The molecular formula is C16H16F7NO4. The van der Waals surface area contributed by atoms with Crippen LogP contribution in [0.2, 0.25) is 0 Å². The second-order valence-electron chi connectivity index (χ2n) is 6.45. The molecule has 5 nitrogen and oxygen atoms in total. The van der Waals surface area contributed by atoms with Crippen LogP contribution < -0.4 is 10.1 Å². The molecule has 2 N–H and O–H groups in total. The van der Waals surface area contributed by atoms with Crippen LogP contribution in [0.1, 0.15) is 30.9 Å². The highest BCUT2D eigenvalue weighted by Gasteiger charge is 2.56. The van der Waals surface area contributed by atoms with Crippen molar-refractivity contribution < 1.29 is 50.1 Å². The fourth-order valence-corrected chi connectivity index (χ4v) is 2.90. The number of carbonyl (C=O) groups excluding carboxylic acids is 1. The van der Waals surface area contributed by atoms with Crippen LogP contribution in [-0.4, -0.2) is 42.1 Å². The molecule has 0 aromatic heterocycles. The molecule has 1 atom stereocenters. The lowest BCUT2D eigenvalue weighted by atomic mass is 9.74. The highest BCUT2D eigenvalue weighted by Crippen LogP contribution is 2.47. The van der Waals surface area contributed by atoms with Crippen molar-refractivity contribution in [1.82, 2.24) is 5.32 Å². The zero-order valence-corrected chi connectivity index (χ0v) is 14.1. The molecule has 0 aliphatic heterocycles.